The average molecular weight is 396 g/mol. The number of carbonyl (C=O) groups excluding carboxylic acids is 1. The van der Waals surface area contributed by atoms with E-state index in [9.17, 15) is 4.79 Å². The van der Waals surface area contributed by atoms with Crippen LogP contribution in [0.15, 0.2) is 47.2 Å². The van der Waals surface area contributed by atoms with Gasteiger partial charge in [0.05, 0.1) is 10.6 Å². The number of thiophene rings is 1. The van der Waals surface area contributed by atoms with Gasteiger partial charge in [0, 0.05) is 22.8 Å². The third kappa shape index (κ3) is 3.42. The third-order valence-corrected chi connectivity index (χ3v) is 6.32. The van der Waals surface area contributed by atoms with Gasteiger partial charge in [0.1, 0.15) is 5.69 Å². The number of nitrogens with zero attached hydrogens (tertiary/aromatic N) is 2. The van der Waals surface area contributed by atoms with Gasteiger partial charge in [-0.1, -0.05) is 37.6 Å². The molecule has 4 aromatic rings. The Labute approximate surface area is 166 Å². The van der Waals surface area contributed by atoms with Crippen molar-refractivity contribution in [3.8, 4) is 10.6 Å². The van der Waals surface area contributed by atoms with Crippen LogP contribution in [0, 0.1) is 6.92 Å². The molecular weight excluding hydrogens is 374 g/mol. The zero-order valence-electron chi connectivity index (χ0n) is 15.4. The molecule has 4 nitrogen and oxygen atoms in total. The van der Waals surface area contributed by atoms with Gasteiger partial charge in [0.15, 0.2) is 5.13 Å². The van der Waals surface area contributed by atoms with Gasteiger partial charge >= 0.3 is 0 Å². The first kappa shape index (κ1) is 17.9. The van der Waals surface area contributed by atoms with Crippen molar-refractivity contribution in [2.75, 3.05) is 5.32 Å². The van der Waals surface area contributed by atoms with Crippen LogP contribution in [0.5, 0.6) is 0 Å². The largest absolute Gasteiger partial charge is 0.336 e. The van der Waals surface area contributed by atoms with Crippen LogP contribution >= 0.6 is 22.7 Å². The van der Waals surface area contributed by atoms with Gasteiger partial charge in [0.25, 0.3) is 5.91 Å². The number of benzene rings is 1. The van der Waals surface area contributed by atoms with E-state index in [1.165, 1.54) is 11.3 Å². The second-order valence-electron chi connectivity index (χ2n) is 6.47. The minimum absolute atomic E-state index is 0.0908. The van der Waals surface area contributed by atoms with E-state index in [1.54, 1.807) is 11.3 Å². The number of anilines is 1. The summed E-state index contributed by atoms with van der Waals surface area (Å²) in [7, 11) is 0. The summed E-state index contributed by atoms with van der Waals surface area (Å²) in [5.41, 5.74) is 3.78. The Morgan fingerprint density at radius 3 is 2.81 bits per heavy atom. The van der Waals surface area contributed by atoms with Crippen molar-refractivity contribution in [1.29, 1.82) is 0 Å². The lowest BCUT2D eigenvalue weighted by Gasteiger charge is -2.10. The summed E-state index contributed by atoms with van der Waals surface area (Å²) in [4.78, 5) is 18.8. The molecule has 6 heteroatoms. The lowest BCUT2D eigenvalue weighted by atomic mass is 10.1. The number of amides is 1. The van der Waals surface area contributed by atoms with E-state index in [0.717, 1.165) is 52.1 Å². The Morgan fingerprint density at radius 2 is 2.04 bits per heavy atom. The lowest BCUT2D eigenvalue weighted by molar-refractivity contribution is 0.101. The monoisotopic (exact) mass is 395 g/mol. The molecule has 0 spiro atoms. The molecular formula is C21H21N3OS2. The first-order valence-electron chi connectivity index (χ1n) is 9.07. The summed E-state index contributed by atoms with van der Waals surface area (Å²) >= 11 is 3.11. The molecule has 1 N–H and O–H groups in total. The average Bonchev–Trinajstić information content (AvgIpc) is 3.40. The number of carbonyl (C=O) groups is 1. The van der Waals surface area contributed by atoms with Crippen LogP contribution in [0.4, 0.5) is 5.13 Å². The summed E-state index contributed by atoms with van der Waals surface area (Å²) < 4.78 is 2.15. The Hall–Kier alpha value is -2.44. The maximum absolute atomic E-state index is 13.1. The van der Waals surface area contributed by atoms with Crippen molar-refractivity contribution in [1.82, 2.24) is 9.55 Å². The van der Waals surface area contributed by atoms with E-state index in [2.05, 4.69) is 33.9 Å². The molecule has 1 aromatic carbocycles. The van der Waals surface area contributed by atoms with Crippen molar-refractivity contribution in [2.24, 2.45) is 0 Å². The molecule has 27 heavy (non-hydrogen) atoms. The maximum Gasteiger partial charge on any atom is 0.274 e. The van der Waals surface area contributed by atoms with Crippen molar-refractivity contribution >= 4 is 44.6 Å². The Balaban J connectivity index is 1.67. The molecule has 1 amide bonds. The second-order valence-corrected chi connectivity index (χ2v) is 8.27. The van der Waals surface area contributed by atoms with Crippen LogP contribution in [0.25, 0.3) is 21.5 Å². The maximum atomic E-state index is 13.1. The predicted octanol–water partition coefficient (Wildman–Crippen LogP) is 6.19. The van der Waals surface area contributed by atoms with Crippen LogP contribution in [0.2, 0.25) is 0 Å². The number of hydrogen-bond acceptors (Lipinski definition) is 4. The third-order valence-electron chi connectivity index (χ3n) is 4.67. The first-order valence-corrected chi connectivity index (χ1v) is 10.8. The van der Waals surface area contributed by atoms with Gasteiger partial charge in [-0.15, -0.1) is 22.7 Å². The van der Waals surface area contributed by atoms with Crippen molar-refractivity contribution < 1.29 is 4.79 Å². The molecule has 3 aromatic heterocycles. The van der Waals surface area contributed by atoms with Crippen molar-refractivity contribution in [3.63, 3.8) is 0 Å². The number of aromatic nitrogens is 2. The predicted molar refractivity (Wildman–Crippen MR) is 115 cm³/mol. The molecule has 4 rings (SSSR count). The fraction of sp³-hybridized carbons (Fsp3) is 0.238. The van der Waals surface area contributed by atoms with Crippen LogP contribution in [-0.4, -0.2) is 15.5 Å². The quantitative estimate of drug-likeness (QED) is 0.423. The standard InChI is InChI=1S/C21H21N3OS2/c1-3-4-11-24-17-9-6-5-8-15(17)14(2)19(24)20(25)23-21-22-16(13-27-21)18-10-7-12-26-18/h5-10,12-13H,3-4,11H2,1-2H3,(H,22,23,25). The van der Waals surface area contributed by atoms with Gasteiger partial charge in [-0.2, -0.15) is 0 Å². The topological polar surface area (TPSA) is 46.9 Å². The minimum atomic E-state index is -0.0908. The van der Waals surface area contributed by atoms with E-state index in [-0.39, 0.29) is 5.91 Å². The second kappa shape index (κ2) is 7.66. The van der Waals surface area contributed by atoms with Gasteiger partial charge in [-0.3, -0.25) is 10.1 Å². The molecule has 0 aliphatic heterocycles. The highest BCUT2D eigenvalue weighted by Crippen LogP contribution is 2.30. The highest BCUT2D eigenvalue weighted by molar-refractivity contribution is 7.16. The summed E-state index contributed by atoms with van der Waals surface area (Å²) in [6, 6.07) is 12.3. The molecule has 0 saturated heterocycles. The molecule has 0 unspecified atom stereocenters. The molecule has 138 valence electrons. The summed E-state index contributed by atoms with van der Waals surface area (Å²) in [6.07, 6.45) is 2.13. The first-order chi connectivity index (χ1) is 13.2. The highest BCUT2D eigenvalue weighted by atomic mass is 32.1. The van der Waals surface area contributed by atoms with E-state index >= 15 is 0 Å². The number of thiazole rings is 1. The Morgan fingerprint density at radius 1 is 1.19 bits per heavy atom. The Kier molecular flexibility index (Phi) is 5.09. The fourth-order valence-electron chi connectivity index (χ4n) is 3.34. The summed E-state index contributed by atoms with van der Waals surface area (Å²) in [5.74, 6) is -0.0908. The number of rotatable bonds is 6. The van der Waals surface area contributed by atoms with Crippen LogP contribution < -0.4 is 5.32 Å². The Bertz CT molecular complexity index is 1080. The van der Waals surface area contributed by atoms with Crippen LogP contribution in [-0.2, 0) is 6.54 Å². The number of unbranched alkanes of at least 4 members (excludes halogenated alkanes) is 1. The molecule has 0 bridgehead atoms. The molecule has 0 saturated carbocycles. The van der Waals surface area contributed by atoms with E-state index in [0.29, 0.717) is 5.13 Å². The minimum Gasteiger partial charge on any atom is -0.336 e. The van der Waals surface area contributed by atoms with Crippen molar-refractivity contribution in [3.05, 3.63) is 58.4 Å². The van der Waals surface area contributed by atoms with Gasteiger partial charge in [-0.25, -0.2) is 4.98 Å². The van der Waals surface area contributed by atoms with E-state index in [1.807, 2.05) is 41.9 Å². The lowest BCUT2D eigenvalue weighted by Crippen LogP contribution is -2.18. The van der Waals surface area contributed by atoms with Crippen LogP contribution in [0.1, 0.15) is 35.8 Å². The summed E-state index contributed by atoms with van der Waals surface area (Å²) in [5, 5.41) is 8.80. The molecule has 0 atom stereocenters. The van der Waals surface area contributed by atoms with Gasteiger partial charge in [-0.05, 0) is 36.4 Å². The number of hydrogen-bond donors (Lipinski definition) is 1. The molecule has 0 aliphatic rings. The number of para-hydroxylation sites is 1. The molecule has 0 aliphatic carbocycles. The van der Waals surface area contributed by atoms with Crippen LogP contribution in [0.3, 0.4) is 0 Å². The SMILES string of the molecule is CCCCn1c(C(=O)Nc2nc(-c3cccs3)cs2)c(C)c2ccccc21. The van der Waals surface area contributed by atoms with E-state index < -0.39 is 0 Å². The number of nitrogens with one attached hydrogen (secondary N) is 1. The molecule has 0 fully saturated rings. The number of aryl methyl sites for hydroxylation is 2. The molecule has 0 radical (unpaired) electrons. The van der Waals surface area contributed by atoms with Gasteiger partial charge < -0.3 is 4.57 Å². The van der Waals surface area contributed by atoms with E-state index in [4.69, 9.17) is 0 Å². The summed E-state index contributed by atoms with van der Waals surface area (Å²) in [6.45, 7) is 5.03. The van der Waals surface area contributed by atoms with Gasteiger partial charge in [0.2, 0.25) is 0 Å². The number of fused-ring (bicyclic) bond motifs is 1. The normalized spacial score (nSPS) is 11.2. The fourth-order valence-corrected chi connectivity index (χ4v) is 4.81. The smallest absolute Gasteiger partial charge is 0.274 e. The molecule has 3 heterocycles. The highest BCUT2D eigenvalue weighted by Gasteiger charge is 2.21. The zero-order chi connectivity index (χ0) is 18.8. The van der Waals surface area contributed by atoms with Crippen molar-refractivity contribution in [2.45, 2.75) is 33.2 Å². The zero-order valence-corrected chi connectivity index (χ0v) is 17.0.